The molecule has 1 heterocycles. The highest BCUT2D eigenvalue weighted by molar-refractivity contribution is 6.04. The van der Waals surface area contributed by atoms with Gasteiger partial charge in [-0.1, -0.05) is 6.07 Å². The Bertz CT molecular complexity index is 559. The lowest BCUT2D eigenvalue weighted by atomic mass is 10.1. The smallest absolute Gasteiger partial charge is 0.258 e. The Kier molecular flexibility index (Phi) is 2.82. The number of amides is 1. The molecule has 0 atom stereocenters. The Hall–Kier alpha value is -2.30. The van der Waals surface area contributed by atoms with Gasteiger partial charge in [-0.05, 0) is 24.6 Å². The summed E-state index contributed by atoms with van der Waals surface area (Å²) >= 11 is 0. The molecule has 0 aliphatic rings. The molecule has 0 saturated heterocycles. The summed E-state index contributed by atoms with van der Waals surface area (Å²) in [4.78, 5) is 11.9. The van der Waals surface area contributed by atoms with Crippen LogP contribution in [0.3, 0.4) is 0 Å². The van der Waals surface area contributed by atoms with Crippen molar-refractivity contribution in [2.45, 2.75) is 6.92 Å². The summed E-state index contributed by atoms with van der Waals surface area (Å²) in [7, 11) is 1.77. The van der Waals surface area contributed by atoms with Crippen LogP contribution in [0.25, 0.3) is 0 Å². The molecule has 1 aromatic carbocycles. The molecular formula is C12H14N4O. The molecule has 3 N–H and O–H groups in total. The maximum Gasteiger partial charge on any atom is 0.258 e. The van der Waals surface area contributed by atoms with E-state index >= 15 is 0 Å². The number of anilines is 2. The van der Waals surface area contributed by atoms with Gasteiger partial charge in [0, 0.05) is 24.6 Å². The van der Waals surface area contributed by atoms with Crippen LogP contribution in [0.1, 0.15) is 15.9 Å². The van der Waals surface area contributed by atoms with Crippen LogP contribution < -0.4 is 11.1 Å². The molecular weight excluding hydrogens is 216 g/mol. The average molecular weight is 230 g/mol. The quantitative estimate of drug-likeness (QED) is 0.769. The third kappa shape index (κ3) is 2.28. The van der Waals surface area contributed by atoms with Crippen molar-refractivity contribution in [2.24, 2.45) is 7.05 Å². The van der Waals surface area contributed by atoms with Crippen molar-refractivity contribution in [3.8, 4) is 0 Å². The predicted octanol–water partition coefficient (Wildman–Crippen LogP) is 1.56. The second-order valence-corrected chi connectivity index (χ2v) is 3.88. The summed E-state index contributed by atoms with van der Waals surface area (Å²) in [6.07, 6.45) is 3.19. The minimum Gasteiger partial charge on any atom is -0.398 e. The van der Waals surface area contributed by atoms with E-state index in [1.54, 1.807) is 30.1 Å². The average Bonchev–Trinajstić information content (AvgIpc) is 2.72. The lowest BCUT2D eigenvalue weighted by molar-refractivity contribution is 0.102. The molecule has 0 aliphatic carbocycles. The van der Waals surface area contributed by atoms with E-state index in [2.05, 4.69) is 10.4 Å². The molecule has 2 aromatic rings. The van der Waals surface area contributed by atoms with Crippen molar-refractivity contribution < 1.29 is 4.79 Å². The van der Waals surface area contributed by atoms with Crippen LogP contribution in [0, 0.1) is 6.92 Å². The van der Waals surface area contributed by atoms with Gasteiger partial charge >= 0.3 is 0 Å². The Labute approximate surface area is 99.2 Å². The normalized spacial score (nSPS) is 10.2. The van der Waals surface area contributed by atoms with E-state index in [1.165, 1.54) is 6.20 Å². The zero-order chi connectivity index (χ0) is 12.4. The van der Waals surface area contributed by atoms with Crippen LogP contribution in [0.5, 0.6) is 0 Å². The van der Waals surface area contributed by atoms with Crippen LogP contribution in [0.2, 0.25) is 0 Å². The molecule has 0 unspecified atom stereocenters. The van der Waals surface area contributed by atoms with Gasteiger partial charge in [0.2, 0.25) is 0 Å². The maximum absolute atomic E-state index is 11.9. The van der Waals surface area contributed by atoms with E-state index in [4.69, 9.17) is 5.73 Å². The third-order valence-electron chi connectivity index (χ3n) is 2.59. The Morgan fingerprint density at radius 3 is 2.88 bits per heavy atom. The van der Waals surface area contributed by atoms with Gasteiger partial charge in [0.15, 0.2) is 0 Å². The van der Waals surface area contributed by atoms with Crippen molar-refractivity contribution >= 4 is 17.3 Å². The molecule has 0 bridgehead atoms. The van der Waals surface area contributed by atoms with E-state index in [0.29, 0.717) is 11.3 Å². The van der Waals surface area contributed by atoms with Crippen LogP contribution in [0.4, 0.5) is 11.4 Å². The minimum absolute atomic E-state index is 0.188. The lowest BCUT2D eigenvalue weighted by Gasteiger charge is -2.08. The fraction of sp³-hybridized carbons (Fsp3) is 0.167. The van der Waals surface area contributed by atoms with E-state index in [1.807, 2.05) is 13.0 Å². The van der Waals surface area contributed by atoms with Gasteiger partial charge in [-0.2, -0.15) is 5.10 Å². The monoisotopic (exact) mass is 230 g/mol. The maximum atomic E-state index is 11.9. The number of benzene rings is 1. The highest BCUT2D eigenvalue weighted by atomic mass is 16.1. The summed E-state index contributed by atoms with van der Waals surface area (Å²) in [5.41, 5.74) is 8.54. The fourth-order valence-electron chi connectivity index (χ4n) is 1.52. The highest BCUT2D eigenvalue weighted by Crippen LogP contribution is 2.20. The molecule has 2 rings (SSSR count). The second kappa shape index (κ2) is 4.29. The van der Waals surface area contributed by atoms with Crippen LogP contribution in [-0.4, -0.2) is 15.7 Å². The number of nitrogens with zero attached hydrogens (tertiary/aromatic N) is 2. The Morgan fingerprint density at radius 1 is 1.47 bits per heavy atom. The summed E-state index contributed by atoms with van der Waals surface area (Å²) in [5.74, 6) is -0.188. The number of rotatable bonds is 2. The predicted molar refractivity (Wildman–Crippen MR) is 66.8 cm³/mol. The van der Waals surface area contributed by atoms with Crippen LogP contribution in [0.15, 0.2) is 30.6 Å². The number of carbonyl (C=O) groups is 1. The first-order valence-corrected chi connectivity index (χ1v) is 5.23. The number of aromatic nitrogens is 2. The number of aryl methyl sites for hydroxylation is 1. The number of hydrogen-bond acceptors (Lipinski definition) is 3. The Morgan fingerprint density at radius 2 is 2.24 bits per heavy atom. The van der Waals surface area contributed by atoms with E-state index in [-0.39, 0.29) is 5.91 Å². The summed E-state index contributed by atoms with van der Waals surface area (Å²) in [6, 6.07) is 5.43. The molecule has 17 heavy (non-hydrogen) atoms. The lowest BCUT2D eigenvalue weighted by Crippen LogP contribution is -2.12. The molecule has 0 saturated carbocycles. The summed E-state index contributed by atoms with van der Waals surface area (Å²) < 4.78 is 1.58. The molecule has 1 aromatic heterocycles. The topological polar surface area (TPSA) is 72.9 Å². The van der Waals surface area contributed by atoms with Gasteiger partial charge in [0.1, 0.15) is 0 Å². The van der Waals surface area contributed by atoms with Gasteiger partial charge in [-0.25, -0.2) is 0 Å². The number of carbonyl (C=O) groups excluding carboxylic acids is 1. The minimum atomic E-state index is -0.188. The van der Waals surface area contributed by atoms with Crippen molar-refractivity contribution in [1.29, 1.82) is 0 Å². The van der Waals surface area contributed by atoms with Crippen molar-refractivity contribution in [2.75, 3.05) is 11.1 Å². The van der Waals surface area contributed by atoms with Gasteiger partial charge in [0.25, 0.3) is 5.91 Å². The van der Waals surface area contributed by atoms with Gasteiger partial charge in [0.05, 0.1) is 11.8 Å². The van der Waals surface area contributed by atoms with E-state index in [9.17, 15) is 4.79 Å². The SMILES string of the molecule is Cc1c(N)cccc1NC(=O)c1cnn(C)c1. The molecule has 88 valence electrons. The van der Waals surface area contributed by atoms with E-state index in [0.717, 1.165) is 11.3 Å². The first kappa shape index (κ1) is 11.2. The zero-order valence-corrected chi connectivity index (χ0v) is 9.77. The molecule has 5 heteroatoms. The molecule has 5 nitrogen and oxygen atoms in total. The first-order valence-electron chi connectivity index (χ1n) is 5.23. The molecule has 0 aliphatic heterocycles. The molecule has 1 amide bonds. The largest absolute Gasteiger partial charge is 0.398 e. The molecule has 0 spiro atoms. The zero-order valence-electron chi connectivity index (χ0n) is 9.77. The number of nitrogen functional groups attached to an aromatic ring is 1. The van der Waals surface area contributed by atoms with Gasteiger partial charge in [-0.15, -0.1) is 0 Å². The van der Waals surface area contributed by atoms with Crippen molar-refractivity contribution in [3.05, 3.63) is 41.7 Å². The highest BCUT2D eigenvalue weighted by Gasteiger charge is 2.10. The van der Waals surface area contributed by atoms with E-state index < -0.39 is 0 Å². The summed E-state index contributed by atoms with van der Waals surface area (Å²) in [6.45, 7) is 1.87. The second-order valence-electron chi connectivity index (χ2n) is 3.88. The van der Waals surface area contributed by atoms with Crippen molar-refractivity contribution in [1.82, 2.24) is 9.78 Å². The standard InChI is InChI=1S/C12H14N4O/c1-8-10(13)4-3-5-11(8)15-12(17)9-6-14-16(2)7-9/h3-7H,13H2,1-2H3,(H,15,17). The van der Waals surface area contributed by atoms with Gasteiger partial charge < -0.3 is 11.1 Å². The number of nitrogens with one attached hydrogen (secondary N) is 1. The van der Waals surface area contributed by atoms with Crippen LogP contribution >= 0.6 is 0 Å². The third-order valence-corrected chi connectivity index (χ3v) is 2.59. The van der Waals surface area contributed by atoms with Crippen LogP contribution in [-0.2, 0) is 7.05 Å². The summed E-state index contributed by atoms with van der Waals surface area (Å²) in [5, 5.41) is 6.76. The number of nitrogens with two attached hydrogens (primary N) is 1. The van der Waals surface area contributed by atoms with Crippen molar-refractivity contribution in [3.63, 3.8) is 0 Å². The molecule has 0 radical (unpaired) electrons. The fourth-order valence-corrected chi connectivity index (χ4v) is 1.52. The Balaban J connectivity index is 2.21. The number of hydrogen-bond donors (Lipinski definition) is 2. The first-order chi connectivity index (χ1) is 8.08. The molecule has 0 fully saturated rings. The van der Waals surface area contributed by atoms with Gasteiger partial charge in [-0.3, -0.25) is 9.48 Å².